The van der Waals surface area contributed by atoms with Crippen LogP contribution in [0.2, 0.25) is 0 Å². The molecule has 0 bridgehead atoms. The Morgan fingerprint density at radius 2 is 1.71 bits per heavy atom. The maximum absolute atomic E-state index is 12.5. The van der Waals surface area contributed by atoms with Crippen LogP contribution in [0, 0.1) is 0 Å². The fraction of sp³-hybridized carbons (Fsp3) is 0.143. The van der Waals surface area contributed by atoms with Gasteiger partial charge in [0.1, 0.15) is 0 Å². The summed E-state index contributed by atoms with van der Waals surface area (Å²) >= 11 is 1.45. The van der Waals surface area contributed by atoms with Crippen molar-refractivity contribution in [1.29, 1.82) is 0 Å². The minimum Gasteiger partial charge on any atom is -0.793 e. The Labute approximate surface area is 174 Å². The standard InChI is InChI=1S/C14H15O3PS2.K/c1-19-13-9-8-12(10-14(13)20(2)17)18(15,16)11-6-4-3-5-7-11;/h3-10H,1-2H3,(H,15,16);/q;+1/p-1. The van der Waals surface area contributed by atoms with E-state index in [-0.39, 0.29) is 62.0 Å². The van der Waals surface area contributed by atoms with Crippen molar-refractivity contribution >= 4 is 40.5 Å². The number of thioether (sulfide) groups is 1. The molecule has 0 aliphatic heterocycles. The van der Waals surface area contributed by atoms with E-state index in [9.17, 15) is 13.7 Å². The third kappa shape index (κ3) is 4.62. The van der Waals surface area contributed by atoms with Crippen LogP contribution in [0.4, 0.5) is 0 Å². The van der Waals surface area contributed by atoms with Gasteiger partial charge >= 0.3 is 51.4 Å². The second kappa shape index (κ2) is 8.57. The molecule has 0 heterocycles. The van der Waals surface area contributed by atoms with Crippen molar-refractivity contribution < 1.29 is 65.1 Å². The maximum atomic E-state index is 12.5. The van der Waals surface area contributed by atoms with E-state index < -0.39 is 18.2 Å². The molecule has 2 aromatic carbocycles. The van der Waals surface area contributed by atoms with Crippen molar-refractivity contribution in [2.75, 3.05) is 12.5 Å². The fourth-order valence-electron chi connectivity index (χ4n) is 1.85. The smallest absolute Gasteiger partial charge is 0.793 e. The number of rotatable bonds is 4. The van der Waals surface area contributed by atoms with E-state index in [4.69, 9.17) is 0 Å². The first-order valence-electron chi connectivity index (χ1n) is 5.85. The molecule has 21 heavy (non-hydrogen) atoms. The van der Waals surface area contributed by atoms with E-state index in [2.05, 4.69) is 0 Å². The van der Waals surface area contributed by atoms with Crippen molar-refractivity contribution in [3.8, 4) is 0 Å². The van der Waals surface area contributed by atoms with Gasteiger partial charge in [-0.1, -0.05) is 36.4 Å². The zero-order valence-corrected chi connectivity index (χ0v) is 17.8. The predicted octanol–water partition coefficient (Wildman–Crippen LogP) is -1.26. The minimum atomic E-state index is -3.89. The molecular formula is C14H14KO3PS2. The van der Waals surface area contributed by atoms with E-state index in [0.29, 0.717) is 4.90 Å². The van der Waals surface area contributed by atoms with E-state index in [1.165, 1.54) is 17.8 Å². The molecule has 2 atom stereocenters. The molecule has 2 unspecified atom stereocenters. The first-order chi connectivity index (χ1) is 9.46. The van der Waals surface area contributed by atoms with Crippen LogP contribution in [0.5, 0.6) is 0 Å². The summed E-state index contributed by atoms with van der Waals surface area (Å²) in [4.78, 5) is 13.9. The molecule has 7 heteroatoms. The summed E-state index contributed by atoms with van der Waals surface area (Å²) in [5, 5.41) is 0.469. The Morgan fingerprint density at radius 3 is 2.24 bits per heavy atom. The molecule has 0 N–H and O–H groups in total. The van der Waals surface area contributed by atoms with Crippen molar-refractivity contribution in [2.45, 2.75) is 9.79 Å². The molecule has 0 amide bonds. The fourth-order valence-corrected chi connectivity index (χ4v) is 5.08. The third-order valence-electron chi connectivity index (χ3n) is 2.89. The maximum Gasteiger partial charge on any atom is 1.00 e. The molecule has 0 radical (unpaired) electrons. The summed E-state index contributed by atoms with van der Waals surface area (Å²) in [6.45, 7) is 0. The quantitative estimate of drug-likeness (QED) is 0.386. The van der Waals surface area contributed by atoms with Crippen molar-refractivity contribution in [1.82, 2.24) is 0 Å². The van der Waals surface area contributed by atoms with Crippen LogP contribution in [0.25, 0.3) is 0 Å². The summed E-state index contributed by atoms with van der Waals surface area (Å²) in [6, 6.07) is 13.1. The van der Waals surface area contributed by atoms with Gasteiger partial charge in [0, 0.05) is 21.8 Å². The molecule has 0 aliphatic carbocycles. The van der Waals surface area contributed by atoms with Gasteiger partial charge in [0.25, 0.3) is 0 Å². The van der Waals surface area contributed by atoms with E-state index >= 15 is 0 Å². The van der Waals surface area contributed by atoms with Gasteiger partial charge < -0.3 is 9.46 Å². The van der Waals surface area contributed by atoms with Crippen molar-refractivity contribution in [2.24, 2.45) is 0 Å². The third-order valence-corrected chi connectivity index (χ3v) is 6.71. The normalized spacial score (nSPS) is 14.8. The largest absolute Gasteiger partial charge is 1.00 e. The molecule has 0 saturated heterocycles. The van der Waals surface area contributed by atoms with Gasteiger partial charge in [-0.2, -0.15) is 0 Å². The van der Waals surface area contributed by atoms with Gasteiger partial charge in [-0.25, -0.2) is 0 Å². The Kier molecular flexibility index (Phi) is 8.09. The van der Waals surface area contributed by atoms with Crippen LogP contribution >= 0.6 is 19.1 Å². The molecule has 0 spiro atoms. The van der Waals surface area contributed by atoms with E-state index in [1.54, 1.807) is 48.7 Å². The van der Waals surface area contributed by atoms with Crippen molar-refractivity contribution in [3.05, 3.63) is 48.5 Å². The molecule has 106 valence electrons. The summed E-state index contributed by atoms with van der Waals surface area (Å²) in [5.41, 5.74) is 0. The topological polar surface area (TPSA) is 57.2 Å². The second-order valence-electron chi connectivity index (χ2n) is 4.18. The van der Waals surface area contributed by atoms with Gasteiger partial charge in [-0.05, 0) is 18.4 Å². The van der Waals surface area contributed by atoms with Gasteiger partial charge in [0.15, 0.2) is 0 Å². The zero-order valence-electron chi connectivity index (χ0n) is 12.1. The zero-order chi connectivity index (χ0) is 14.8. The van der Waals surface area contributed by atoms with Crippen LogP contribution in [0.15, 0.2) is 58.3 Å². The van der Waals surface area contributed by atoms with E-state index in [1.807, 2.05) is 6.26 Å². The molecule has 0 saturated carbocycles. The predicted molar refractivity (Wildman–Crippen MR) is 83.9 cm³/mol. The van der Waals surface area contributed by atoms with Crippen LogP contribution in [0.3, 0.4) is 0 Å². The van der Waals surface area contributed by atoms with Crippen LogP contribution in [-0.4, -0.2) is 16.7 Å². The summed E-state index contributed by atoms with van der Waals surface area (Å²) in [5.74, 6) is 0. The second-order valence-corrected chi connectivity index (χ2v) is 8.51. The molecule has 2 rings (SSSR count). The van der Waals surface area contributed by atoms with Crippen LogP contribution in [-0.2, 0) is 15.4 Å². The molecule has 3 nitrogen and oxygen atoms in total. The number of benzene rings is 2. The summed E-state index contributed by atoms with van der Waals surface area (Å²) in [7, 11) is -5.11. The molecule has 0 aliphatic rings. The Hall–Kier alpha value is 0.766. The molecule has 0 aromatic heterocycles. The van der Waals surface area contributed by atoms with Gasteiger partial charge in [-0.3, -0.25) is 4.21 Å². The molecule has 0 fully saturated rings. The van der Waals surface area contributed by atoms with Crippen LogP contribution in [0.1, 0.15) is 0 Å². The average Bonchev–Trinajstić information content (AvgIpc) is 2.47. The minimum absolute atomic E-state index is 0. The summed E-state index contributed by atoms with van der Waals surface area (Å²) < 4.78 is 24.3. The molecule has 2 aromatic rings. The number of hydrogen-bond acceptors (Lipinski definition) is 4. The summed E-state index contributed by atoms with van der Waals surface area (Å²) in [6.07, 6.45) is 3.43. The van der Waals surface area contributed by atoms with Gasteiger partial charge in [0.2, 0.25) is 0 Å². The Balaban J connectivity index is 0.00000220. The average molecular weight is 364 g/mol. The van der Waals surface area contributed by atoms with Crippen LogP contribution < -0.4 is 66.9 Å². The number of hydrogen-bond donors (Lipinski definition) is 0. The SMILES string of the molecule is CSc1ccc(P(=O)([O-])c2ccccc2)cc1S(C)=O.[K+]. The monoisotopic (exact) mass is 364 g/mol. The van der Waals surface area contributed by atoms with E-state index in [0.717, 1.165) is 4.90 Å². The first kappa shape index (κ1) is 19.8. The Bertz CT molecular complexity index is 692. The van der Waals surface area contributed by atoms with Gasteiger partial charge in [0.05, 0.1) is 23.1 Å². The Morgan fingerprint density at radius 1 is 1.10 bits per heavy atom. The van der Waals surface area contributed by atoms with Gasteiger partial charge in [-0.15, -0.1) is 11.8 Å². The first-order valence-corrected chi connectivity index (χ1v) is 10.3. The van der Waals surface area contributed by atoms with Crippen molar-refractivity contribution in [3.63, 3.8) is 0 Å². The molecular weight excluding hydrogens is 350 g/mol.